The Labute approximate surface area is 160 Å². The molecule has 1 saturated heterocycles. The molecule has 2 heterocycles. The maximum atomic E-state index is 12.3. The fourth-order valence-electron chi connectivity index (χ4n) is 3.42. The summed E-state index contributed by atoms with van der Waals surface area (Å²) in [7, 11) is 0. The van der Waals surface area contributed by atoms with Gasteiger partial charge in [0, 0.05) is 11.4 Å². The molecule has 0 aliphatic carbocycles. The molecule has 5 heteroatoms. The van der Waals surface area contributed by atoms with E-state index in [-0.39, 0.29) is 18.6 Å². The number of para-hydroxylation sites is 1. The minimum atomic E-state index is -0.0652. The van der Waals surface area contributed by atoms with E-state index in [4.69, 9.17) is 4.74 Å². The van der Waals surface area contributed by atoms with Crippen LogP contribution in [0.15, 0.2) is 41.8 Å². The quantitative estimate of drug-likeness (QED) is 0.793. The number of hydrogen-bond acceptors (Lipinski definition) is 4. The van der Waals surface area contributed by atoms with Gasteiger partial charge in [0.05, 0.1) is 6.04 Å². The molecule has 1 aliphatic rings. The van der Waals surface area contributed by atoms with Gasteiger partial charge in [-0.05, 0) is 55.9 Å². The minimum absolute atomic E-state index is 0.0576. The van der Waals surface area contributed by atoms with Gasteiger partial charge >= 0.3 is 0 Å². The van der Waals surface area contributed by atoms with Crippen LogP contribution in [0.5, 0.6) is 5.75 Å². The number of nitrogens with zero attached hydrogens (tertiary/aromatic N) is 1. The number of aryl methyl sites for hydroxylation is 1. The number of thiophene rings is 1. The maximum Gasteiger partial charge on any atom is 0.258 e. The molecule has 1 fully saturated rings. The molecule has 140 valence electrons. The SMILES string of the molecule is Cc1ccccc1OCC(=O)NC[C@@H](c1cccs1)N1CCCCCC1. The molecule has 0 bridgehead atoms. The smallest absolute Gasteiger partial charge is 0.258 e. The minimum Gasteiger partial charge on any atom is -0.484 e. The van der Waals surface area contributed by atoms with Gasteiger partial charge in [-0.15, -0.1) is 11.3 Å². The van der Waals surface area contributed by atoms with Gasteiger partial charge in [0.15, 0.2) is 6.61 Å². The van der Waals surface area contributed by atoms with Crippen LogP contribution in [0.25, 0.3) is 0 Å². The number of ether oxygens (including phenoxy) is 1. The van der Waals surface area contributed by atoms with Crippen molar-refractivity contribution in [2.75, 3.05) is 26.2 Å². The first-order valence-electron chi connectivity index (χ1n) is 9.46. The van der Waals surface area contributed by atoms with Gasteiger partial charge in [0.1, 0.15) is 5.75 Å². The lowest BCUT2D eigenvalue weighted by Crippen LogP contribution is -2.39. The zero-order chi connectivity index (χ0) is 18.2. The number of carbonyl (C=O) groups is 1. The summed E-state index contributed by atoms with van der Waals surface area (Å²) in [6, 6.07) is 12.3. The maximum absolute atomic E-state index is 12.3. The van der Waals surface area contributed by atoms with Crippen molar-refractivity contribution in [2.45, 2.75) is 38.6 Å². The zero-order valence-corrected chi connectivity index (χ0v) is 16.3. The molecule has 1 amide bonds. The number of amides is 1. The standard InChI is InChI=1S/C21H28N2O2S/c1-17-9-4-5-10-19(17)25-16-21(24)22-15-18(20-11-8-14-26-20)23-12-6-2-3-7-13-23/h4-5,8-11,14,18H,2-3,6-7,12-13,15-16H2,1H3,(H,22,24)/t18-/m0/s1. The van der Waals surface area contributed by atoms with Gasteiger partial charge in [-0.2, -0.15) is 0 Å². The Hall–Kier alpha value is -1.85. The van der Waals surface area contributed by atoms with Crippen LogP contribution >= 0.6 is 11.3 Å². The fourth-order valence-corrected chi connectivity index (χ4v) is 4.28. The van der Waals surface area contributed by atoms with E-state index in [0.717, 1.165) is 24.4 Å². The summed E-state index contributed by atoms with van der Waals surface area (Å²) in [5.41, 5.74) is 1.04. The summed E-state index contributed by atoms with van der Waals surface area (Å²) < 4.78 is 5.66. The Morgan fingerprint density at radius 1 is 1.15 bits per heavy atom. The second-order valence-corrected chi connectivity index (χ2v) is 7.82. The molecule has 3 rings (SSSR count). The fraction of sp³-hybridized carbons (Fsp3) is 0.476. The van der Waals surface area contributed by atoms with E-state index in [1.807, 2.05) is 31.2 Å². The first-order valence-corrected chi connectivity index (χ1v) is 10.3. The van der Waals surface area contributed by atoms with Crippen molar-refractivity contribution in [2.24, 2.45) is 0 Å². The van der Waals surface area contributed by atoms with E-state index in [9.17, 15) is 4.79 Å². The van der Waals surface area contributed by atoms with E-state index in [0.29, 0.717) is 6.54 Å². The van der Waals surface area contributed by atoms with Gasteiger partial charge in [-0.1, -0.05) is 37.1 Å². The Kier molecular flexibility index (Phi) is 7.09. The normalized spacial score (nSPS) is 16.7. The summed E-state index contributed by atoms with van der Waals surface area (Å²) in [6.07, 6.45) is 5.10. The molecule has 2 aromatic rings. The Bertz CT molecular complexity index is 679. The molecule has 1 aromatic heterocycles. The van der Waals surface area contributed by atoms with Crippen LogP contribution in [0.4, 0.5) is 0 Å². The predicted molar refractivity (Wildman–Crippen MR) is 107 cm³/mol. The second kappa shape index (κ2) is 9.74. The van der Waals surface area contributed by atoms with Crippen LogP contribution < -0.4 is 10.1 Å². The first-order chi connectivity index (χ1) is 12.7. The van der Waals surface area contributed by atoms with E-state index >= 15 is 0 Å². The molecule has 0 saturated carbocycles. The molecule has 0 unspecified atom stereocenters. The van der Waals surface area contributed by atoms with Crippen LogP contribution in [0.1, 0.15) is 42.2 Å². The zero-order valence-electron chi connectivity index (χ0n) is 15.4. The first kappa shape index (κ1) is 18.9. The van der Waals surface area contributed by atoms with Crippen molar-refractivity contribution in [3.05, 3.63) is 52.2 Å². The highest BCUT2D eigenvalue weighted by Crippen LogP contribution is 2.27. The number of benzene rings is 1. The predicted octanol–water partition coefficient (Wildman–Crippen LogP) is 4.17. The van der Waals surface area contributed by atoms with Gasteiger partial charge in [0.2, 0.25) is 0 Å². The molecule has 4 nitrogen and oxygen atoms in total. The summed E-state index contributed by atoms with van der Waals surface area (Å²) >= 11 is 1.77. The third kappa shape index (κ3) is 5.32. The number of hydrogen-bond donors (Lipinski definition) is 1. The molecule has 1 atom stereocenters. The lowest BCUT2D eigenvalue weighted by atomic mass is 10.2. The summed E-state index contributed by atoms with van der Waals surface area (Å²) in [5, 5.41) is 5.19. The molecular formula is C21H28N2O2S. The third-order valence-corrected chi connectivity index (χ3v) is 5.87. The van der Waals surface area contributed by atoms with E-state index in [1.165, 1.54) is 30.6 Å². The second-order valence-electron chi connectivity index (χ2n) is 6.84. The van der Waals surface area contributed by atoms with Gasteiger partial charge in [-0.25, -0.2) is 0 Å². The van der Waals surface area contributed by atoms with E-state index in [2.05, 4.69) is 27.7 Å². The topological polar surface area (TPSA) is 41.6 Å². The van der Waals surface area contributed by atoms with E-state index < -0.39 is 0 Å². The van der Waals surface area contributed by atoms with Gasteiger partial charge in [-0.3, -0.25) is 9.69 Å². The van der Waals surface area contributed by atoms with Gasteiger partial charge < -0.3 is 10.1 Å². The highest BCUT2D eigenvalue weighted by molar-refractivity contribution is 7.10. The number of nitrogens with one attached hydrogen (secondary N) is 1. The van der Waals surface area contributed by atoms with Crippen molar-refractivity contribution in [3.8, 4) is 5.75 Å². The van der Waals surface area contributed by atoms with Crippen molar-refractivity contribution in [3.63, 3.8) is 0 Å². The van der Waals surface area contributed by atoms with Crippen LogP contribution in [0, 0.1) is 6.92 Å². The monoisotopic (exact) mass is 372 g/mol. The summed E-state index contributed by atoms with van der Waals surface area (Å²) in [5.74, 6) is 0.703. The van der Waals surface area contributed by atoms with Crippen LogP contribution in [-0.4, -0.2) is 37.0 Å². The largest absolute Gasteiger partial charge is 0.484 e. The molecular weight excluding hydrogens is 344 g/mol. The summed E-state index contributed by atoms with van der Waals surface area (Å²) in [4.78, 5) is 16.2. The number of rotatable bonds is 7. The van der Waals surface area contributed by atoms with Crippen molar-refractivity contribution in [1.29, 1.82) is 0 Å². The molecule has 1 N–H and O–H groups in total. The lowest BCUT2D eigenvalue weighted by molar-refractivity contribution is -0.123. The van der Waals surface area contributed by atoms with Crippen molar-refractivity contribution >= 4 is 17.2 Å². The lowest BCUT2D eigenvalue weighted by Gasteiger charge is -2.30. The highest BCUT2D eigenvalue weighted by atomic mass is 32.1. The van der Waals surface area contributed by atoms with Crippen molar-refractivity contribution in [1.82, 2.24) is 10.2 Å². The number of likely N-dealkylation sites (tertiary alicyclic amines) is 1. The van der Waals surface area contributed by atoms with Crippen LogP contribution in [0.3, 0.4) is 0 Å². The Morgan fingerprint density at radius 2 is 1.92 bits per heavy atom. The Morgan fingerprint density at radius 3 is 2.62 bits per heavy atom. The molecule has 0 radical (unpaired) electrons. The summed E-state index contributed by atoms with van der Waals surface area (Å²) in [6.45, 7) is 4.90. The molecule has 1 aliphatic heterocycles. The Balaban J connectivity index is 1.55. The number of carbonyl (C=O) groups excluding carboxylic acids is 1. The molecule has 1 aromatic carbocycles. The van der Waals surface area contributed by atoms with Crippen molar-refractivity contribution < 1.29 is 9.53 Å². The third-order valence-electron chi connectivity index (χ3n) is 4.90. The van der Waals surface area contributed by atoms with E-state index in [1.54, 1.807) is 11.3 Å². The van der Waals surface area contributed by atoms with Crippen LogP contribution in [-0.2, 0) is 4.79 Å². The average molecular weight is 373 g/mol. The highest BCUT2D eigenvalue weighted by Gasteiger charge is 2.23. The van der Waals surface area contributed by atoms with Crippen LogP contribution in [0.2, 0.25) is 0 Å². The average Bonchev–Trinajstić information content (AvgIpc) is 3.04. The molecule has 26 heavy (non-hydrogen) atoms. The molecule has 0 spiro atoms. The van der Waals surface area contributed by atoms with Gasteiger partial charge in [0.25, 0.3) is 5.91 Å².